The van der Waals surface area contributed by atoms with E-state index in [9.17, 15) is 37.9 Å². The molecule has 410 valence electrons. The van der Waals surface area contributed by atoms with Crippen LogP contribution in [0.4, 0.5) is 26.0 Å². The Bertz CT molecular complexity index is 2960. The summed E-state index contributed by atoms with van der Waals surface area (Å²) in [5.74, 6) is -3.23. The molecular weight excluding hydrogens is 1010 g/mol. The van der Waals surface area contributed by atoms with Crippen molar-refractivity contribution in [1.29, 1.82) is 0 Å². The molecule has 0 radical (unpaired) electrons. The minimum atomic E-state index is -1.06. The maximum absolute atomic E-state index is 14.2. The van der Waals surface area contributed by atoms with E-state index >= 15 is 0 Å². The Morgan fingerprint density at radius 3 is 2.26 bits per heavy atom. The number of likely N-dealkylation sites (tertiary alicyclic amines) is 1. The lowest BCUT2D eigenvalue weighted by Gasteiger charge is -2.36. The highest BCUT2D eigenvalue weighted by atomic mass is 32.2. The molecule has 4 heterocycles. The molecule has 0 unspecified atom stereocenters. The number of thioether (sulfide) groups is 1. The van der Waals surface area contributed by atoms with Gasteiger partial charge in [0.2, 0.25) is 23.6 Å². The second-order valence-electron chi connectivity index (χ2n) is 21.1. The van der Waals surface area contributed by atoms with Crippen molar-refractivity contribution in [2.24, 2.45) is 11.1 Å². The number of hydrogen-bond acceptors (Lipinski definition) is 13. The number of benzene rings is 4. The van der Waals surface area contributed by atoms with Gasteiger partial charge < -0.3 is 52.0 Å². The van der Waals surface area contributed by atoms with E-state index in [1.165, 1.54) is 17.0 Å². The molecular formula is C56H69F2N11O7S. The molecule has 5 amide bonds. The van der Waals surface area contributed by atoms with Crippen molar-refractivity contribution in [2.75, 3.05) is 80.8 Å². The second kappa shape index (κ2) is 24.9. The van der Waals surface area contributed by atoms with E-state index in [2.05, 4.69) is 41.7 Å². The molecule has 5 aromatic rings. The molecule has 1 aromatic heterocycles. The Morgan fingerprint density at radius 2 is 1.58 bits per heavy atom. The smallest absolute Gasteiger partial charge is 0.258 e. The lowest BCUT2D eigenvalue weighted by molar-refractivity contribution is -0.144. The van der Waals surface area contributed by atoms with Gasteiger partial charge in [-0.05, 0) is 103 Å². The number of aromatic amines is 1. The van der Waals surface area contributed by atoms with Gasteiger partial charge in [0.25, 0.3) is 5.91 Å². The molecule has 77 heavy (non-hydrogen) atoms. The molecule has 3 aliphatic rings. The fourth-order valence-corrected chi connectivity index (χ4v) is 10.7. The summed E-state index contributed by atoms with van der Waals surface area (Å²) in [7, 11) is 0. The van der Waals surface area contributed by atoms with Crippen LogP contribution < -0.4 is 37.2 Å². The molecule has 8 rings (SSSR count). The van der Waals surface area contributed by atoms with Crippen LogP contribution in [-0.2, 0) is 36.9 Å². The molecule has 3 aliphatic heterocycles. The number of nitrogens with one attached hydrogen (secondary N) is 6. The highest BCUT2D eigenvalue weighted by Crippen LogP contribution is 2.31. The fraction of sp³-hybridized carbons (Fsp3) is 0.429. The molecule has 9 N–H and O–H groups in total. The summed E-state index contributed by atoms with van der Waals surface area (Å²) in [5, 5.41) is 33.6. The Kier molecular flexibility index (Phi) is 18.2. The molecule has 0 saturated carbocycles. The summed E-state index contributed by atoms with van der Waals surface area (Å²) in [6, 6.07) is 20.3. The van der Waals surface area contributed by atoms with Crippen LogP contribution in [0.2, 0.25) is 0 Å². The number of hydrogen-bond donors (Lipinski definition) is 8. The van der Waals surface area contributed by atoms with Crippen LogP contribution in [0.15, 0.2) is 84.6 Å². The first-order valence-corrected chi connectivity index (χ1v) is 27.1. The number of ether oxygens (including phenoxy) is 1. The van der Waals surface area contributed by atoms with Crippen LogP contribution in [0.3, 0.4) is 0 Å². The number of piperazine rings is 1. The number of fused-ring (bicyclic) bond motifs is 1. The number of β-amino-alcohol motifs (C(OH)–C–C–N with tert-alkyl or cyclic N) is 1. The number of aliphatic hydroxyl groups excluding tert-OH is 1. The number of carbonyl (C=O) groups excluding carboxylic acids is 5. The molecule has 18 nitrogen and oxygen atoms in total. The lowest BCUT2D eigenvalue weighted by Crippen LogP contribution is -2.59. The average Bonchev–Trinajstić information content (AvgIpc) is 4.01. The largest absolute Gasteiger partial charge is 0.401 e. The van der Waals surface area contributed by atoms with Gasteiger partial charge in [0.15, 0.2) is 5.82 Å². The summed E-state index contributed by atoms with van der Waals surface area (Å²) in [5.41, 5.74) is 11.7. The topological polar surface area (TPSA) is 239 Å². The minimum Gasteiger partial charge on any atom is -0.401 e. The van der Waals surface area contributed by atoms with Crippen LogP contribution >= 0.6 is 11.8 Å². The Hall–Kier alpha value is -7.07. The van der Waals surface area contributed by atoms with E-state index in [-0.39, 0.29) is 56.9 Å². The van der Waals surface area contributed by atoms with Gasteiger partial charge in [0, 0.05) is 98.4 Å². The number of nitrogens with two attached hydrogens (primary N) is 1. The summed E-state index contributed by atoms with van der Waals surface area (Å²) in [6.07, 6.45) is 2.88. The number of halogens is 2. The summed E-state index contributed by atoms with van der Waals surface area (Å²) in [6.45, 7) is 10.5. The number of aliphatic hydroxyl groups is 1. The van der Waals surface area contributed by atoms with Crippen LogP contribution in [-0.4, -0.2) is 144 Å². The number of nitrogens with zero attached hydrogens (tertiary/aromatic N) is 4. The maximum Gasteiger partial charge on any atom is 0.258 e. The third kappa shape index (κ3) is 14.5. The third-order valence-electron chi connectivity index (χ3n) is 14.1. The molecule has 4 aromatic carbocycles. The summed E-state index contributed by atoms with van der Waals surface area (Å²) < 4.78 is 33.5. The van der Waals surface area contributed by atoms with Crippen molar-refractivity contribution in [2.45, 2.75) is 84.2 Å². The standard InChI is InChI=1S/C56H69F2N11O7S/c1-33(59)50(77-5)37-9-6-34(7-10-37)29-61-54(74)47-28-42(70)31-69(47)55(75)51(56(2,3)4)63-48(71)30-60-49(72)32-67-16-18-68(19-17-67)41-11-12-43(46(27-41)62-40-14-20-76-21-15-40)53(73)64-52-44-25-35(8-13-45(44)65-66-52)22-36-23-38(57)26-39(58)24-36/h6-13,23-27,40,42,47,51,62,70H,14-22,28-32,59H2,1-5H3,(H,60,72)(H,61,74)(H,63,71)(H2,64,65,66,73)/b50-33-/t42-,47+,51-/m1/s1. The number of rotatable bonds is 18. The van der Waals surface area contributed by atoms with E-state index in [0.29, 0.717) is 78.6 Å². The Morgan fingerprint density at radius 1 is 0.883 bits per heavy atom. The first-order chi connectivity index (χ1) is 36.8. The van der Waals surface area contributed by atoms with Crippen molar-refractivity contribution in [3.63, 3.8) is 0 Å². The molecule has 0 bridgehead atoms. The quantitative estimate of drug-likeness (QED) is 0.0555. The van der Waals surface area contributed by atoms with Gasteiger partial charge in [-0.3, -0.25) is 34.0 Å². The first kappa shape index (κ1) is 56.1. The van der Waals surface area contributed by atoms with Crippen LogP contribution in [0, 0.1) is 17.0 Å². The van der Waals surface area contributed by atoms with Crippen molar-refractivity contribution < 1.29 is 42.6 Å². The van der Waals surface area contributed by atoms with Gasteiger partial charge >= 0.3 is 0 Å². The third-order valence-corrected chi connectivity index (χ3v) is 15.1. The molecule has 3 saturated heterocycles. The summed E-state index contributed by atoms with van der Waals surface area (Å²) >= 11 is 1.55. The van der Waals surface area contributed by atoms with E-state index < -0.39 is 53.0 Å². The van der Waals surface area contributed by atoms with Crippen molar-refractivity contribution in [3.05, 3.63) is 124 Å². The zero-order chi connectivity index (χ0) is 55.0. The van der Waals surface area contributed by atoms with Crippen LogP contribution in [0.1, 0.15) is 79.6 Å². The highest BCUT2D eigenvalue weighted by molar-refractivity contribution is 8.07. The van der Waals surface area contributed by atoms with Gasteiger partial charge in [-0.2, -0.15) is 5.10 Å². The predicted octanol–water partition coefficient (Wildman–Crippen LogP) is 5.33. The van der Waals surface area contributed by atoms with Crippen molar-refractivity contribution in [1.82, 2.24) is 35.9 Å². The molecule has 21 heteroatoms. The average molecular weight is 1080 g/mol. The minimum absolute atomic E-state index is 0.0427. The molecule has 0 spiro atoms. The zero-order valence-electron chi connectivity index (χ0n) is 44.1. The molecule has 3 fully saturated rings. The zero-order valence-corrected chi connectivity index (χ0v) is 45.0. The SMILES string of the molecule is CS/C(=C(/C)N)c1ccc(CNC(=O)[C@@H]2C[C@@H](O)CN2C(=O)[C@@H](NC(=O)CNC(=O)CN2CCN(c3ccc(C(=O)Nc4n[nH]c5ccc(Cc6cc(F)cc(F)c6)cc45)c(NC4CCOCC4)c3)CC2)C(C)(C)C)cc1. The van der Waals surface area contributed by atoms with Gasteiger partial charge in [-0.1, -0.05) is 51.1 Å². The van der Waals surface area contributed by atoms with Crippen molar-refractivity contribution >= 4 is 74.3 Å². The monoisotopic (exact) mass is 1080 g/mol. The lowest BCUT2D eigenvalue weighted by atomic mass is 9.85. The second-order valence-corrected chi connectivity index (χ2v) is 21.9. The van der Waals surface area contributed by atoms with Crippen molar-refractivity contribution in [3.8, 4) is 0 Å². The number of anilines is 3. The number of carbonyl (C=O) groups is 5. The normalized spacial score (nSPS) is 18.1. The first-order valence-electron chi connectivity index (χ1n) is 25.9. The highest BCUT2D eigenvalue weighted by Gasteiger charge is 2.44. The van der Waals surface area contributed by atoms with E-state index in [4.69, 9.17) is 10.5 Å². The van der Waals surface area contributed by atoms with E-state index in [1.54, 1.807) is 38.6 Å². The predicted molar refractivity (Wildman–Crippen MR) is 295 cm³/mol. The van der Waals surface area contributed by atoms with E-state index in [0.717, 1.165) is 46.2 Å². The van der Waals surface area contributed by atoms with E-state index in [1.807, 2.05) is 72.7 Å². The van der Waals surface area contributed by atoms with Gasteiger partial charge in [0.05, 0.1) is 30.3 Å². The maximum atomic E-state index is 14.2. The Balaban J connectivity index is 0.835. The van der Waals surface area contributed by atoms with Gasteiger partial charge in [-0.15, -0.1) is 11.8 Å². The molecule has 0 aliphatic carbocycles. The van der Waals surface area contributed by atoms with Crippen LogP contribution in [0.5, 0.6) is 0 Å². The van der Waals surface area contributed by atoms with Gasteiger partial charge in [-0.25, -0.2) is 8.78 Å². The van der Waals surface area contributed by atoms with Gasteiger partial charge in [0.1, 0.15) is 23.7 Å². The number of aromatic nitrogens is 2. The fourth-order valence-electron chi connectivity index (χ4n) is 10.0. The number of H-pyrrole nitrogens is 1. The van der Waals surface area contributed by atoms with Crippen LogP contribution in [0.25, 0.3) is 15.8 Å². The number of amides is 5. The Labute approximate surface area is 451 Å². The summed E-state index contributed by atoms with van der Waals surface area (Å²) in [4.78, 5) is 74.9. The number of allylic oxidation sites excluding steroid dienone is 1. The molecule has 3 atom stereocenters.